The van der Waals surface area contributed by atoms with Crippen molar-refractivity contribution in [3.8, 4) is 5.75 Å². The number of amides is 1. The van der Waals surface area contributed by atoms with Crippen molar-refractivity contribution in [1.82, 2.24) is 4.90 Å². The fourth-order valence-corrected chi connectivity index (χ4v) is 3.89. The van der Waals surface area contributed by atoms with Crippen LogP contribution >= 0.6 is 0 Å². The lowest BCUT2D eigenvalue weighted by molar-refractivity contribution is -0.133. The van der Waals surface area contributed by atoms with E-state index in [9.17, 15) is 23.2 Å². The first kappa shape index (κ1) is 24.1. The van der Waals surface area contributed by atoms with E-state index < -0.39 is 11.6 Å². The molecule has 0 radical (unpaired) electrons. The first-order valence-corrected chi connectivity index (χ1v) is 11.2. The molecule has 180 valence electrons. The van der Waals surface area contributed by atoms with Crippen LogP contribution in [0.25, 0.3) is 0 Å². The van der Waals surface area contributed by atoms with E-state index >= 15 is 0 Å². The van der Waals surface area contributed by atoms with Crippen LogP contribution in [-0.4, -0.2) is 55.2 Å². The Balaban J connectivity index is 1.27. The third-order valence-electron chi connectivity index (χ3n) is 5.91. The summed E-state index contributed by atoms with van der Waals surface area (Å²) in [6.45, 7) is 2.99. The minimum absolute atomic E-state index is 0.160. The fraction of sp³-hybridized carbons (Fsp3) is 0.222. The van der Waals surface area contributed by atoms with Crippen molar-refractivity contribution >= 4 is 23.2 Å². The summed E-state index contributed by atoms with van der Waals surface area (Å²) in [4.78, 5) is 40.0. The molecule has 0 aromatic heterocycles. The summed E-state index contributed by atoms with van der Waals surface area (Å²) >= 11 is 0. The number of rotatable bonds is 7. The molecule has 8 heteroatoms. The van der Waals surface area contributed by atoms with Gasteiger partial charge in [0.15, 0.2) is 18.2 Å². The van der Waals surface area contributed by atoms with Gasteiger partial charge >= 0.3 is 0 Å². The third kappa shape index (κ3) is 5.71. The zero-order valence-electron chi connectivity index (χ0n) is 19.2. The van der Waals surface area contributed by atoms with E-state index in [0.29, 0.717) is 54.3 Å². The molecule has 4 rings (SSSR count). The van der Waals surface area contributed by atoms with Gasteiger partial charge in [-0.05, 0) is 73.7 Å². The molecule has 0 unspecified atom stereocenters. The average Bonchev–Trinajstić information content (AvgIpc) is 2.87. The second-order valence-corrected chi connectivity index (χ2v) is 8.24. The van der Waals surface area contributed by atoms with Gasteiger partial charge < -0.3 is 14.5 Å². The van der Waals surface area contributed by atoms with Gasteiger partial charge in [-0.15, -0.1) is 0 Å². The molecule has 0 N–H and O–H groups in total. The van der Waals surface area contributed by atoms with Gasteiger partial charge in [-0.25, -0.2) is 8.78 Å². The predicted octanol–water partition coefficient (Wildman–Crippen LogP) is 4.13. The van der Waals surface area contributed by atoms with Crippen LogP contribution in [0.3, 0.4) is 0 Å². The molecular formula is C27H24F2N2O4. The Morgan fingerprint density at radius 2 is 1.37 bits per heavy atom. The van der Waals surface area contributed by atoms with Gasteiger partial charge in [0.2, 0.25) is 0 Å². The smallest absolute Gasteiger partial charge is 0.260 e. The maximum Gasteiger partial charge on any atom is 0.260 e. The molecule has 0 bridgehead atoms. The first-order valence-electron chi connectivity index (χ1n) is 11.2. The predicted molar refractivity (Wildman–Crippen MR) is 127 cm³/mol. The van der Waals surface area contributed by atoms with Gasteiger partial charge in [-0.2, -0.15) is 0 Å². The first-order chi connectivity index (χ1) is 16.8. The maximum absolute atomic E-state index is 14.4. The number of Topliss-reactive ketones (excluding diaryl/α,β-unsaturated/α-hetero) is 1. The van der Waals surface area contributed by atoms with Crippen LogP contribution < -0.4 is 9.64 Å². The van der Waals surface area contributed by atoms with Crippen LogP contribution in [0.4, 0.5) is 14.5 Å². The standard InChI is InChI=1S/C27H24F2N2O4/c1-18(32)21-6-11-25(24(29)16-21)30-12-14-31(15-13-30)26(33)17-35-23-9-4-20(5-10-23)27(34)19-2-7-22(28)8-3-19/h2-11,16H,12-15,17H2,1H3. The molecule has 1 aliphatic rings. The molecule has 1 heterocycles. The molecule has 6 nitrogen and oxygen atoms in total. The minimum Gasteiger partial charge on any atom is -0.484 e. The van der Waals surface area contributed by atoms with E-state index in [0.717, 1.165) is 0 Å². The third-order valence-corrected chi connectivity index (χ3v) is 5.91. The Kier molecular flexibility index (Phi) is 7.19. The molecule has 3 aromatic carbocycles. The van der Waals surface area contributed by atoms with Crippen molar-refractivity contribution < 1.29 is 27.9 Å². The molecule has 1 aliphatic heterocycles. The van der Waals surface area contributed by atoms with Crippen LogP contribution in [0, 0.1) is 11.6 Å². The Labute approximate surface area is 201 Å². The van der Waals surface area contributed by atoms with E-state index in [4.69, 9.17) is 4.74 Å². The Hall–Kier alpha value is -4.07. The lowest BCUT2D eigenvalue weighted by atomic mass is 10.0. The summed E-state index contributed by atoms with van der Waals surface area (Å²) in [6.07, 6.45) is 0. The van der Waals surface area contributed by atoms with Gasteiger partial charge in [-0.1, -0.05) is 0 Å². The van der Waals surface area contributed by atoms with Gasteiger partial charge in [-0.3, -0.25) is 14.4 Å². The van der Waals surface area contributed by atoms with Crippen LogP contribution in [0.5, 0.6) is 5.75 Å². The number of ether oxygens (including phenoxy) is 1. The molecule has 0 spiro atoms. The van der Waals surface area contributed by atoms with Crippen molar-refractivity contribution in [2.45, 2.75) is 6.92 Å². The van der Waals surface area contributed by atoms with Crippen molar-refractivity contribution in [1.29, 1.82) is 0 Å². The lowest BCUT2D eigenvalue weighted by Crippen LogP contribution is -2.50. The Morgan fingerprint density at radius 3 is 1.94 bits per heavy atom. The van der Waals surface area contributed by atoms with Crippen molar-refractivity contribution in [2.24, 2.45) is 0 Å². The SMILES string of the molecule is CC(=O)c1ccc(N2CCN(C(=O)COc3ccc(C(=O)c4ccc(F)cc4)cc3)CC2)c(F)c1. The molecule has 0 atom stereocenters. The van der Waals surface area contributed by atoms with Gasteiger partial charge in [0.1, 0.15) is 17.4 Å². The molecule has 1 amide bonds. The summed E-state index contributed by atoms with van der Waals surface area (Å²) in [5.74, 6) is -1.05. The van der Waals surface area contributed by atoms with E-state index in [1.54, 1.807) is 41.3 Å². The van der Waals surface area contributed by atoms with Crippen molar-refractivity contribution in [3.63, 3.8) is 0 Å². The Bertz CT molecular complexity index is 1240. The summed E-state index contributed by atoms with van der Waals surface area (Å²) in [6, 6.07) is 16.2. The number of piperazine rings is 1. The number of anilines is 1. The number of carbonyl (C=O) groups excluding carboxylic acids is 3. The monoisotopic (exact) mass is 478 g/mol. The topological polar surface area (TPSA) is 66.9 Å². The fourth-order valence-electron chi connectivity index (χ4n) is 3.89. The zero-order chi connectivity index (χ0) is 24.9. The number of halogens is 2. The van der Waals surface area contributed by atoms with E-state index in [-0.39, 0.29) is 24.1 Å². The van der Waals surface area contributed by atoms with Crippen LogP contribution in [0.2, 0.25) is 0 Å². The van der Waals surface area contributed by atoms with E-state index in [2.05, 4.69) is 0 Å². The number of carbonyl (C=O) groups is 3. The molecule has 0 aliphatic carbocycles. The number of nitrogens with zero attached hydrogens (tertiary/aromatic N) is 2. The minimum atomic E-state index is -0.456. The second kappa shape index (κ2) is 10.5. The molecule has 1 fully saturated rings. The number of benzene rings is 3. The number of hydrogen-bond donors (Lipinski definition) is 0. The van der Waals surface area contributed by atoms with Gasteiger partial charge in [0.25, 0.3) is 5.91 Å². The van der Waals surface area contributed by atoms with Crippen LogP contribution in [0.1, 0.15) is 33.2 Å². The Morgan fingerprint density at radius 1 is 0.800 bits per heavy atom. The van der Waals surface area contributed by atoms with Crippen LogP contribution in [-0.2, 0) is 4.79 Å². The average molecular weight is 478 g/mol. The number of ketones is 2. The summed E-state index contributed by atoms with van der Waals surface area (Å²) in [7, 11) is 0. The van der Waals surface area contributed by atoms with Gasteiger partial charge in [0, 0.05) is 42.9 Å². The van der Waals surface area contributed by atoms with Crippen LogP contribution in [0.15, 0.2) is 66.7 Å². The van der Waals surface area contributed by atoms with E-state index in [1.807, 2.05) is 4.90 Å². The molecular weight excluding hydrogens is 454 g/mol. The van der Waals surface area contributed by atoms with Crippen molar-refractivity contribution in [3.05, 3.63) is 95.1 Å². The highest BCUT2D eigenvalue weighted by molar-refractivity contribution is 6.09. The highest BCUT2D eigenvalue weighted by Gasteiger charge is 2.23. The lowest BCUT2D eigenvalue weighted by Gasteiger charge is -2.36. The maximum atomic E-state index is 14.4. The molecule has 3 aromatic rings. The molecule has 1 saturated heterocycles. The largest absolute Gasteiger partial charge is 0.484 e. The molecule has 0 saturated carbocycles. The second-order valence-electron chi connectivity index (χ2n) is 8.24. The summed E-state index contributed by atoms with van der Waals surface area (Å²) < 4.78 is 33.1. The normalized spacial score (nSPS) is 13.5. The number of hydrogen-bond acceptors (Lipinski definition) is 5. The highest BCUT2D eigenvalue weighted by Crippen LogP contribution is 2.22. The quantitative estimate of drug-likeness (QED) is 0.478. The van der Waals surface area contributed by atoms with Gasteiger partial charge in [0.05, 0.1) is 5.69 Å². The van der Waals surface area contributed by atoms with Crippen molar-refractivity contribution in [2.75, 3.05) is 37.7 Å². The highest BCUT2D eigenvalue weighted by atomic mass is 19.1. The molecule has 35 heavy (non-hydrogen) atoms. The van der Waals surface area contributed by atoms with E-state index in [1.165, 1.54) is 37.3 Å². The summed E-state index contributed by atoms with van der Waals surface area (Å²) in [5.41, 5.74) is 1.54. The zero-order valence-corrected chi connectivity index (χ0v) is 19.2. The summed E-state index contributed by atoms with van der Waals surface area (Å²) in [5, 5.41) is 0.